The van der Waals surface area contributed by atoms with Gasteiger partial charge in [-0.3, -0.25) is 9.59 Å². The molecule has 0 unspecified atom stereocenters. The van der Waals surface area contributed by atoms with E-state index in [1.54, 1.807) is 0 Å². The van der Waals surface area contributed by atoms with E-state index in [0.29, 0.717) is 6.42 Å². The SMILES string of the molecule is O=C(NC1=CC=CCC(NC(=O)C23CC4CC(CC(C4)C2)C3)=C1)C12CC3CC(CC(C3)C1)C2. The summed E-state index contributed by atoms with van der Waals surface area (Å²) in [4.78, 5) is 27.1. The van der Waals surface area contributed by atoms with Crippen molar-refractivity contribution in [2.45, 2.75) is 83.5 Å². The fraction of sp³-hybridized carbons (Fsp3) is 0.724. The van der Waals surface area contributed by atoms with Gasteiger partial charge in [-0.15, -0.1) is 0 Å². The summed E-state index contributed by atoms with van der Waals surface area (Å²) in [6.45, 7) is 0. The van der Waals surface area contributed by atoms with Gasteiger partial charge < -0.3 is 10.6 Å². The van der Waals surface area contributed by atoms with Crippen molar-refractivity contribution in [1.29, 1.82) is 0 Å². The van der Waals surface area contributed by atoms with Gasteiger partial charge in [0.15, 0.2) is 0 Å². The molecule has 0 saturated heterocycles. The molecule has 0 aromatic carbocycles. The molecule has 0 atom stereocenters. The molecule has 8 fully saturated rings. The number of hydrogen-bond acceptors (Lipinski definition) is 2. The van der Waals surface area contributed by atoms with E-state index < -0.39 is 0 Å². The van der Waals surface area contributed by atoms with Crippen molar-refractivity contribution in [3.05, 3.63) is 35.7 Å². The quantitative estimate of drug-likeness (QED) is 0.609. The van der Waals surface area contributed by atoms with E-state index in [0.717, 1.165) is 85.4 Å². The Morgan fingerprint density at radius 2 is 1.09 bits per heavy atom. The van der Waals surface area contributed by atoms with E-state index >= 15 is 0 Å². The maximum Gasteiger partial charge on any atom is 0.230 e. The lowest BCUT2D eigenvalue weighted by Gasteiger charge is -2.55. The summed E-state index contributed by atoms with van der Waals surface area (Å²) >= 11 is 0. The molecule has 0 aliphatic heterocycles. The first-order chi connectivity index (χ1) is 16.0. The number of carbonyl (C=O) groups is 2. The summed E-state index contributed by atoms with van der Waals surface area (Å²) in [6, 6.07) is 0. The van der Waals surface area contributed by atoms with Crippen LogP contribution in [0.5, 0.6) is 0 Å². The largest absolute Gasteiger partial charge is 0.329 e. The van der Waals surface area contributed by atoms with E-state index in [1.165, 1.54) is 38.5 Å². The summed E-state index contributed by atoms with van der Waals surface area (Å²) in [7, 11) is 0. The molecule has 9 rings (SSSR count). The summed E-state index contributed by atoms with van der Waals surface area (Å²) in [5.74, 6) is 5.04. The van der Waals surface area contributed by atoms with Gasteiger partial charge in [-0.1, -0.05) is 12.2 Å². The van der Waals surface area contributed by atoms with Crippen molar-refractivity contribution in [2.24, 2.45) is 46.3 Å². The first-order valence-electron chi connectivity index (χ1n) is 13.7. The lowest BCUT2D eigenvalue weighted by Crippen LogP contribution is -2.53. The van der Waals surface area contributed by atoms with Crippen LogP contribution < -0.4 is 10.6 Å². The highest BCUT2D eigenvalue weighted by Crippen LogP contribution is 2.61. The van der Waals surface area contributed by atoms with Gasteiger partial charge in [0, 0.05) is 17.8 Å². The zero-order valence-electron chi connectivity index (χ0n) is 19.8. The molecular formula is C29H38N2O2. The first kappa shape index (κ1) is 20.5. The smallest absolute Gasteiger partial charge is 0.230 e. The maximum atomic E-state index is 13.6. The zero-order valence-corrected chi connectivity index (χ0v) is 19.8. The molecule has 0 radical (unpaired) electrons. The van der Waals surface area contributed by atoms with Gasteiger partial charge in [0.2, 0.25) is 11.8 Å². The fourth-order valence-electron chi connectivity index (χ4n) is 10.1. The Morgan fingerprint density at radius 3 is 1.55 bits per heavy atom. The second-order valence-corrected chi connectivity index (χ2v) is 13.2. The Balaban J connectivity index is 1.06. The Hall–Kier alpha value is -1.84. The topological polar surface area (TPSA) is 58.2 Å². The summed E-state index contributed by atoms with van der Waals surface area (Å²) in [6.07, 6.45) is 23.4. The van der Waals surface area contributed by atoms with Crippen LogP contribution >= 0.6 is 0 Å². The number of amides is 2. The molecule has 0 spiro atoms. The van der Waals surface area contributed by atoms with E-state index in [1.807, 2.05) is 18.2 Å². The van der Waals surface area contributed by atoms with Crippen LogP contribution in [0.15, 0.2) is 35.7 Å². The van der Waals surface area contributed by atoms with Crippen LogP contribution in [0.4, 0.5) is 0 Å². The fourth-order valence-corrected chi connectivity index (χ4v) is 10.1. The van der Waals surface area contributed by atoms with Crippen LogP contribution in [-0.4, -0.2) is 11.8 Å². The standard InChI is InChI=1S/C29H38N2O2/c32-26(28-12-18-5-19(13-28)7-20(6-18)14-28)30-24-3-1-2-4-25(11-24)31-27(33)29-15-21-8-22(16-29)10-23(9-21)17-29/h1-3,11,18-23H,4-10,12-17H2,(H,30,32)(H,31,33). The first-order valence-corrected chi connectivity index (χ1v) is 13.7. The predicted molar refractivity (Wildman–Crippen MR) is 127 cm³/mol. The minimum Gasteiger partial charge on any atom is -0.329 e. The average molecular weight is 447 g/mol. The number of hydrogen-bond donors (Lipinski definition) is 2. The van der Waals surface area contributed by atoms with Crippen LogP contribution in [0, 0.1) is 46.3 Å². The monoisotopic (exact) mass is 446 g/mol. The highest BCUT2D eigenvalue weighted by molar-refractivity contribution is 5.86. The van der Waals surface area contributed by atoms with Crippen LogP contribution in [0.2, 0.25) is 0 Å². The molecule has 9 aliphatic rings. The minimum atomic E-state index is -0.151. The van der Waals surface area contributed by atoms with Gasteiger partial charge in [0.1, 0.15) is 0 Å². The van der Waals surface area contributed by atoms with Gasteiger partial charge in [-0.25, -0.2) is 0 Å². The van der Waals surface area contributed by atoms with E-state index in [-0.39, 0.29) is 22.6 Å². The molecule has 176 valence electrons. The Morgan fingerprint density at radius 1 is 0.667 bits per heavy atom. The number of nitrogens with one attached hydrogen (secondary N) is 2. The molecule has 9 aliphatic carbocycles. The van der Waals surface area contributed by atoms with Gasteiger partial charge in [-0.2, -0.15) is 0 Å². The lowest BCUT2D eigenvalue weighted by molar-refractivity contribution is -0.145. The van der Waals surface area contributed by atoms with E-state index in [9.17, 15) is 9.59 Å². The molecule has 0 aromatic rings. The van der Waals surface area contributed by atoms with E-state index in [4.69, 9.17) is 0 Å². The normalized spacial score (nSPS) is 46.5. The molecule has 8 bridgehead atoms. The lowest BCUT2D eigenvalue weighted by atomic mass is 9.49. The summed E-state index contributed by atoms with van der Waals surface area (Å²) in [5, 5.41) is 6.63. The third-order valence-corrected chi connectivity index (χ3v) is 10.7. The molecule has 4 nitrogen and oxygen atoms in total. The van der Waals surface area contributed by atoms with Crippen LogP contribution in [0.3, 0.4) is 0 Å². The van der Waals surface area contributed by atoms with Crippen molar-refractivity contribution in [3.8, 4) is 0 Å². The van der Waals surface area contributed by atoms with Crippen LogP contribution in [0.25, 0.3) is 0 Å². The van der Waals surface area contributed by atoms with Gasteiger partial charge >= 0.3 is 0 Å². The van der Waals surface area contributed by atoms with Crippen molar-refractivity contribution in [3.63, 3.8) is 0 Å². The van der Waals surface area contributed by atoms with Crippen molar-refractivity contribution < 1.29 is 9.59 Å². The highest BCUT2D eigenvalue weighted by Gasteiger charge is 2.55. The number of allylic oxidation sites excluding steroid dienone is 4. The third-order valence-electron chi connectivity index (χ3n) is 10.7. The molecule has 2 amide bonds. The van der Waals surface area contributed by atoms with Gasteiger partial charge in [0.05, 0.1) is 10.8 Å². The van der Waals surface area contributed by atoms with Crippen LogP contribution in [0.1, 0.15) is 83.5 Å². The average Bonchev–Trinajstić information content (AvgIpc) is 2.96. The second-order valence-electron chi connectivity index (χ2n) is 13.2. The molecule has 0 heterocycles. The molecular weight excluding hydrogens is 408 g/mol. The number of rotatable bonds is 4. The second kappa shape index (κ2) is 7.33. The van der Waals surface area contributed by atoms with Gasteiger partial charge in [0.25, 0.3) is 0 Å². The minimum absolute atomic E-state index is 0.141. The van der Waals surface area contributed by atoms with E-state index in [2.05, 4.69) is 16.7 Å². The van der Waals surface area contributed by atoms with Gasteiger partial charge in [-0.05, 0) is 125 Å². The third kappa shape index (κ3) is 3.46. The number of carbonyl (C=O) groups excluding carboxylic acids is 2. The van der Waals surface area contributed by atoms with Crippen LogP contribution in [-0.2, 0) is 9.59 Å². The molecule has 2 N–H and O–H groups in total. The van der Waals surface area contributed by atoms with Crippen molar-refractivity contribution in [1.82, 2.24) is 10.6 Å². The highest BCUT2D eigenvalue weighted by atomic mass is 16.2. The molecule has 0 aromatic heterocycles. The summed E-state index contributed by atoms with van der Waals surface area (Å²) < 4.78 is 0. The predicted octanol–water partition coefficient (Wildman–Crippen LogP) is 5.38. The zero-order chi connectivity index (χ0) is 22.2. The van der Waals surface area contributed by atoms with Crippen molar-refractivity contribution >= 4 is 11.8 Å². The van der Waals surface area contributed by atoms with Crippen molar-refractivity contribution in [2.75, 3.05) is 0 Å². The Labute approximate surface area is 197 Å². The summed E-state index contributed by atoms with van der Waals surface area (Å²) in [5.41, 5.74) is 1.48. The Kier molecular flexibility index (Phi) is 4.56. The maximum absolute atomic E-state index is 13.6. The molecule has 4 heteroatoms. The molecule has 33 heavy (non-hydrogen) atoms. The molecule has 8 saturated carbocycles. The Bertz CT molecular complexity index is 900.